The van der Waals surface area contributed by atoms with Gasteiger partial charge >= 0.3 is 0 Å². The normalized spacial score (nSPS) is 22.2. The van der Waals surface area contributed by atoms with Crippen LogP contribution < -0.4 is 0 Å². The predicted octanol–water partition coefficient (Wildman–Crippen LogP) is 2.68. The van der Waals surface area contributed by atoms with E-state index in [0.717, 1.165) is 29.3 Å². The van der Waals surface area contributed by atoms with Gasteiger partial charge in [0.2, 0.25) is 0 Å². The van der Waals surface area contributed by atoms with Gasteiger partial charge in [0, 0.05) is 29.2 Å². The average molecular weight is 240 g/mol. The molecule has 0 aromatic carbocycles. The van der Waals surface area contributed by atoms with E-state index in [1.807, 2.05) is 6.07 Å². The van der Waals surface area contributed by atoms with Crippen molar-refractivity contribution in [2.45, 2.75) is 25.2 Å². The third-order valence-corrected chi connectivity index (χ3v) is 3.20. The second-order valence-corrected chi connectivity index (χ2v) is 4.16. The Kier molecular flexibility index (Phi) is 2.44. The van der Waals surface area contributed by atoms with Gasteiger partial charge in [-0.3, -0.25) is 9.78 Å². The number of aromatic nitrogens is 1. The van der Waals surface area contributed by atoms with Crippen molar-refractivity contribution in [3.05, 3.63) is 28.5 Å². The summed E-state index contributed by atoms with van der Waals surface area (Å²) in [5.41, 5.74) is 1.05. The standard InChI is InChI=1S/C10H10BrNO/c11-9-4-5-12-6-8(9)7-2-1-3-10(7)13/h4-7H,1-3H2. The van der Waals surface area contributed by atoms with E-state index < -0.39 is 0 Å². The van der Waals surface area contributed by atoms with E-state index in [4.69, 9.17) is 0 Å². The van der Waals surface area contributed by atoms with Crippen LogP contribution in [-0.2, 0) is 4.79 Å². The molecule has 0 saturated heterocycles. The Morgan fingerprint density at radius 2 is 2.38 bits per heavy atom. The van der Waals surface area contributed by atoms with Crippen molar-refractivity contribution in [3.8, 4) is 0 Å². The number of halogens is 1. The summed E-state index contributed by atoms with van der Waals surface area (Å²) in [6, 6.07) is 1.89. The van der Waals surface area contributed by atoms with Crippen molar-refractivity contribution < 1.29 is 4.79 Å². The summed E-state index contributed by atoms with van der Waals surface area (Å²) in [6.45, 7) is 0. The fourth-order valence-corrected chi connectivity index (χ4v) is 2.29. The minimum Gasteiger partial charge on any atom is -0.299 e. The van der Waals surface area contributed by atoms with Crippen LogP contribution in [0.5, 0.6) is 0 Å². The minimum atomic E-state index is 0.0862. The Balaban J connectivity index is 2.34. The Bertz CT molecular complexity index is 337. The number of hydrogen-bond donors (Lipinski definition) is 0. The summed E-state index contributed by atoms with van der Waals surface area (Å²) >= 11 is 3.44. The second-order valence-electron chi connectivity index (χ2n) is 3.31. The van der Waals surface area contributed by atoms with Crippen molar-refractivity contribution in [2.24, 2.45) is 0 Å². The van der Waals surface area contributed by atoms with Crippen molar-refractivity contribution in [1.29, 1.82) is 0 Å². The van der Waals surface area contributed by atoms with Crippen LogP contribution in [0.4, 0.5) is 0 Å². The molecule has 2 nitrogen and oxygen atoms in total. The van der Waals surface area contributed by atoms with Crippen LogP contribution in [0.1, 0.15) is 30.7 Å². The first-order valence-electron chi connectivity index (χ1n) is 4.41. The van der Waals surface area contributed by atoms with Gasteiger partial charge in [-0.2, -0.15) is 0 Å². The second kappa shape index (κ2) is 3.58. The number of carbonyl (C=O) groups excluding carboxylic acids is 1. The first kappa shape index (κ1) is 8.88. The van der Waals surface area contributed by atoms with E-state index in [2.05, 4.69) is 20.9 Å². The molecule has 1 unspecified atom stereocenters. The molecule has 2 rings (SSSR count). The fourth-order valence-electron chi connectivity index (χ4n) is 1.79. The third kappa shape index (κ3) is 1.66. The minimum absolute atomic E-state index is 0.0862. The van der Waals surface area contributed by atoms with E-state index in [9.17, 15) is 4.79 Å². The summed E-state index contributed by atoms with van der Waals surface area (Å²) in [7, 11) is 0. The monoisotopic (exact) mass is 239 g/mol. The highest BCUT2D eigenvalue weighted by Crippen LogP contribution is 2.34. The number of hydrogen-bond acceptors (Lipinski definition) is 2. The quantitative estimate of drug-likeness (QED) is 0.755. The van der Waals surface area contributed by atoms with Crippen molar-refractivity contribution >= 4 is 21.7 Å². The van der Waals surface area contributed by atoms with E-state index >= 15 is 0 Å². The lowest BCUT2D eigenvalue weighted by molar-refractivity contribution is -0.118. The van der Waals surface area contributed by atoms with Gasteiger partial charge in [0.15, 0.2) is 0 Å². The van der Waals surface area contributed by atoms with Crippen LogP contribution in [0, 0.1) is 0 Å². The predicted molar refractivity (Wildman–Crippen MR) is 53.5 cm³/mol. The third-order valence-electron chi connectivity index (χ3n) is 2.48. The van der Waals surface area contributed by atoms with Gasteiger partial charge in [-0.15, -0.1) is 0 Å². The molecule has 1 atom stereocenters. The Morgan fingerprint density at radius 3 is 3.00 bits per heavy atom. The summed E-state index contributed by atoms with van der Waals surface area (Å²) < 4.78 is 1.00. The zero-order valence-electron chi connectivity index (χ0n) is 7.16. The summed E-state index contributed by atoms with van der Waals surface area (Å²) in [5.74, 6) is 0.441. The van der Waals surface area contributed by atoms with Crippen molar-refractivity contribution in [1.82, 2.24) is 4.98 Å². The summed E-state index contributed by atoms with van der Waals surface area (Å²) in [6.07, 6.45) is 6.24. The fraction of sp³-hybridized carbons (Fsp3) is 0.400. The molecule has 1 aliphatic carbocycles. The number of pyridine rings is 1. The summed E-state index contributed by atoms with van der Waals surface area (Å²) in [4.78, 5) is 15.5. The van der Waals surface area contributed by atoms with Crippen molar-refractivity contribution in [3.63, 3.8) is 0 Å². The molecule has 1 aromatic heterocycles. The molecule has 0 radical (unpaired) electrons. The molecule has 0 aliphatic heterocycles. The number of rotatable bonds is 1. The topological polar surface area (TPSA) is 30.0 Å². The van der Waals surface area contributed by atoms with Crippen LogP contribution >= 0.6 is 15.9 Å². The SMILES string of the molecule is O=C1CCCC1c1cnccc1Br. The molecule has 0 bridgehead atoms. The largest absolute Gasteiger partial charge is 0.299 e. The molecule has 1 heterocycles. The van der Waals surface area contributed by atoms with Gasteiger partial charge in [0.05, 0.1) is 0 Å². The zero-order chi connectivity index (χ0) is 9.26. The summed E-state index contributed by atoms with van der Waals surface area (Å²) in [5, 5.41) is 0. The Hall–Kier alpha value is -0.700. The van der Waals surface area contributed by atoms with Gasteiger partial charge in [0.25, 0.3) is 0 Å². The molecule has 1 aromatic rings. The number of nitrogens with zero attached hydrogens (tertiary/aromatic N) is 1. The van der Waals surface area contributed by atoms with E-state index in [1.54, 1.807) is 12.4 Å². The van der Waals surface area contributed by atoms with Crippen LogP contribution in [0.15, 0.2) is 22.9 Å². The molecule has 68 valence electrons. The maximum atomic E-state index is 11.5. The lowest BCUT2D eigenvalue weighted by atomic mass is 9.99. The lowest BCUT2D eigenvalue weighted by Crippen LogP contribution is -2.05. The molecule has 1 fully saturated rings. The van der Waals surface area contributed by atoms with Gasteiger partial charge in [-0.05, 0) is 24.5 Å². The van der Waals surface area contributed by atoms with E-state index in [-0.39, 0.29) is 5.92 Å². The highest BCUT2D eigenvalue weighted by molar-refractivity contribution is 9.10. The maximum absolute atomic E-state index is 11.5. The van der Waals surface area contributed by atoms with Gasteiger partial charge in [-0.1, -0.05) is 15.9 Å². The zero-order valence-corrected chi connectivity index (χ0v) is 8.75. The van der Waals surface area contributed by atoms with Gasteiger partial charge in [0.1, 0.15) is 5.78 Å². The van der Waals surface area contributed by atoms with Crippen LogP contribution in [-0.4, -0.2) is 10.8 Å². The number of carbonyl (C=O) groups is 1. The van der Waals surface area contributed by atoms with E-state index in [1.165, 1.54) is 0 Å². The average Bonchev–Trinajstić information content (AvgIpc) is 2.52. The Morgan fingerprint density at radius 1 is 1.54 bits per heavy atom. The van der Waals surface area contributed by atoms with Crippen molar-refractivity contribution in [2.75, 3.05) is 0 Å². The molecular formula is C10H10BrNO. The highest BCUT2D eigenvalue weighted by atomic mass is 79.9. The smallest absolute Gasteiger partial charge is 0.140 e. The molecule has 0 amide bonds. The first-order valence-corrected chi connectivity index (χ1v) is 5.20. The number of ketones is 1. The van der Waals surface area contributed by atoms with Gasteiger partial charge < -0.3 is 0 Å². The molecule has 0 N–H and O–H groups in total. The van der Waals surface area contributed by atoms with Crippen LogP contribution in [0.3, 0.4) is 0 Å². The molecule has 1 aliphatic rings. The van der Waals surface area contributed by atoms with E-state index in [0.29, 0.717) is 5.78 Å². The van der Waals surface area contributed by atoms with Crippen LogP contribution in [0.25, 0.3) is 0 Å². The highest BCUT2D eigenvalue weighted by Gasteiger charge is 2.27. The first-order chi connectivity index (χ1) is 6.29. The van der Waals surface area contributed by atoms with Crippen LogP contribution in [0.2, 0.25) is 0 Å². The maximum Gasteiger partial charge on any atom is 0.140 e. The number of Topliss-reactive ketones (excluding diaryl/α,β-unsaturated/α-hetero) is 1. The molecular weight excluding hydrogens is 230 g/mol. The molecule has 1 saturated carbocycles. The molecule has 0 spiro atoms. The van der Waals surface area contributed by atoms with Gasteiger partial charge in [-0.25, -0.2) is 0 Å². The molecule has 3 heteroatoms. The Labute approximate surface area is 85.5 Å². The molecule has 13 heavy (non-hydrogen) atoms. The lowest BCUT2D eigenvalue weighted by Gasteiger charge is -2.08.